The molecule has 0 saturated heterocycles. The molecule has 3 heteroatoms. The summed E-state index contributed by atoms with van der Waals surface area (Å²) in [6.45, 7) is 2.00. The summed E-state index contributed by atoms with van der Waals surface area (Å²) in [6.07, 6.45) is 0. The topological polar surface area (TPSA) is 35.2 Å². The molecule has 0 radical (unpaired) electrons. The Morgan fingerprint density at radius 2 is 1.33 bits per heavy atom. The van der Waals surface area contributed by atoms with Crippen LogP contribution in [0, 0.1) is 0 Å². The van der Waals surface area contributed by atoms with Gasteiger partial charge in [-0.1, -0.05) is 60.7 Å². The van der Waals surface area contributed by atoms with Gasteiger partial charge in [0, 0.05) is 6.04 Å². The third kappa shape index (κ3) is 2.12. The van der Waals surface area contributed by atoms with Gasteiger partial charge in [0.25, 0.3) is 0 Å². The Kier molecular flexibility index (Phi) is 3.96. The van der Waals surface area contributed by atoms with Crippen LogP contribution >= 0.6 is 0 Å². The highest BCUT2D eigenvalue weighted by Gasteiger charge is 2.37. The third-order valence-corrected chi connectivity index (χ3v) is 4.01. The summed E-state index contributed by atoms with van der Waals surface area (Å²) in [5, 5.41) is 0. The van der Waals surface area contributed by atoms with Crippen LogP contribution in [0.3, 0.4) is 0 Å². The molecule has 0 aromatic heterocycles. The Morgan fingerprint density at radius 1 is 0.944 bits per heavy atom. The molecule has 2 nitrogen and oxygen atoms in total. The van der Waals surface area contributed by atoms with E-state index in [2.05, 4.69) is 24.3 Å². The highest BCUT2D eigenvalue weighted by atomic mass is 28.2. The van der Waals surface area contributed by atoms with Crippen LogP contribution in [0.25, 0.3) is 0 Å². The molecule has 18 heavy (non-hydrogen) atoms. The van der Waals surface area contributed by atoms with Gasteiger partial charge in [-0.05, 0) is 18.1 Å². The first-order valence-electron chi connectivity index (χ1n) is 6.13. The molecule has 2 aromatic rings. The molecule has 0 amide bonds. The fourth-order valence-electron chi connectivity index (χ4n) is 2.49. The normalized spacial score (nSPS) is 13.4. The van der Waals surface area contributed by atoms with Gasteiger partial charge in [-0.15, -0.1) is 0 Å². The summed E-state index contributed by atoms with van der Waals surface area (Å²) in [7, 11) is 0.634. The average Bonchev–Trinajstić information content (AvgIpc) is 2.42. The van der Waals surface area contributed by atoms with Crippen LogP contribution in [0.1, 0.15) is 18.1 Å². The Hall–Kier alpha value is -1.42. The highest BCUT2D eigenvalue weighted by Crippen LogP contribution is 2.35. The summed E-state index contributed by atoms with van der Waals surface area (Å²) in [5.41, 5.74) is 7.93. The lowest BCUT2D eigenvalue weighted by Crippen LogP contribution is -2.46. The zero-order valence-electron chi connectivity index (χ0n) is 10.8. The van der Waals surface area contributed by atoms with Crippen molar-refractivity contribution < 1.29 is 4.43 Å². The molecule has 0 aliphatic rings. The van der Waals surface area contributed by atoms with E-state index >= 15 is 0 Å². The second-order valence-corrected chi connectivity index (χ2v) is 4.87. The molecule has 0 bridgehead atoms. The minimum atomic E-state index is -0.533. The standard InChI is InChI=1S/C15H19NOSi/c1-12(16)15(17-18,13-8-4-2-5-9-13)14-10-6-3-7-11-14/h2-12H,16H2,1,18H3. The van der Waals surface area contributed by atoms with E-state index in [4.69, 9.17) is 10.2 Å². The highest BCUT2D eigenvalue weighted by molar-refractivity contribution is 5.98. The van der Waals surface area contributed by atoms with E-state index in [1.54, 1.807) is 0 Å². The van der Waals surface area contributed by atoms with E-state index in [9.17, 15) is 0 Å². The van der Waals surface area contributed by atoms with Crippen LogP contribution in [0.5, 0.6) is 0 Å². The van der Waals surface area contributed by atoms with Gasteiger partial charge in [-0.3, -0.25) is 0 Å². The Labute approximate surface area is 111 Å². The lowest BCUT2D eigenvalue weighted by atomic mass is 9.81. The van der Waals surface area contributed by atoms with E-state index in [0.717, 1.165) is 11.1 Å². The third-order valence-electron chi connectivity index (χ3n) is 3.37. The van der Waals surface area contributed by atoms with Gasteiger partial charge >= 0.3 is 0 Å². The van der Waals surface area contributed by atoms with Gasteiger partial charge in [0.05, 0.1) is 0 Å². The molecule has 0 aliphatic heterocycles. The maximum Gasteiger partial charge on any atom is 0.147 e. The van der Waals surface area contributed by atoms with Gasteiger partial charge < -0.3 is 10.2 Å². The van der Waals surface area contributed by atoms with Gasteiger partial charge in [-0.25, -0.2) is 0 Å². The molecular weight excluding hydrogens is 238 g/mol. The van der Waals surface area contributed by atoms with Crippen molar-refractivity contribution in [1.82, 2.24) is 0 Å². The monoisotopic (exact) mass is 257 g/mol. The first kappa shape index (κ1) is 13.0. The first-order chi connectivity index (χ1) is 8.71. The lowest BCUT2D eigenvalue weighted by molar-refractivity contribution is 0.0991. The van der Waals surface area contributed by atoms with Crippen molar-refractivity contribution in [2.45, 2.75) is 18.6 Å². The van der Waals surface area contributed by atoms with Crippen LogP contribution < -0.4 is 5.73 Å². The maximum absolute atomic E-state index is 6.24. The largest absolute Gasteiger partial charge is 0.413 e. The van der Waals surface area contributed by atoms with Crippen molar-refractivity contribution in [2.75, 3.05) is 0 Å². The maximum atomic E-state index is 6.24. The molecule has 0 saturated carbocycles. The zero-order chi connectivity index (χ0) is 13.0. The molecule has 2 N–H and O–H groups in total. The molecule has 2 aromatic carbocycles. The molecule has 1 unspecified atom stereocenters. The summed E-state index contributed by atoms with van der Waals surface area (Å²) in [4.78, 5) is 0. The van der Waals surface area contributed by atoms with Crippen molar-refractivity contribution in [2.24, 2.45) is 5.73 Å². The van der Waals surface area contributed by atoms with Gasteiger partial charge in [0.15, 0.2) is 0 Å². The smallest absolute Gasteiger partial charge is 0.147 e. The van der Waals surface area contributed by atoms with Crippen molar-refractivity contribution in [1.29, 1.82) is 0 Å². The van der Waals surface area contributed by atoms with Crippen LogP contribution in [0.4, 0.5) is 0 Å². The van der Waals surface area contributed by atoms with Crippen molar-refractivity contribution in [3.8, 4) is 0 Å². The summed E-state index contributed by atoms with van der Waals surface area (Å²) < 4.78 is 5.99. The second-order valence-electron chi connectivity index (χ2n) is 4.46. The molecule has 0 aliphatic carbocycles. The number of hydrogen-bond acceptors (Lipinski definition) is 2. The zero-order valence-corrected chi connectivity index (χ0v) is 12.8. The SMILES string of the molecule is CC(N)C(O[SiH3])(c1ccccc1)c1ccccc1. The van der Waals surface area contributed by atoms with Crippen LogP contribution in [-0.4, -0.2) is 16.5 Å². The lowest BCUT2D eigenvalue weighted by Gasteiger charge is -2.38. The molecular formula is C15H19NOSi. The number of nitrogens with two attached hydrogens (primary N) is 1. The predicted molar refractivity (Wildman–Crippen MR) is 78.3 cm³/mol. The van der Waals surface area contributed by atoms with Crippen molar-refractivity contribution >= 4 is 10.5 Å². The fraction of sp³-hybridized carbons (Fsp3) is 0.200. The molecule has 0 spiro atoms. The number of rotatable bonds is 4. The molecule has 0 fully saturated rings. The first-order valence-corrected chi connectivity index (χ1v) is 6.95. The number of benzene rings is 2. The molecule has 94 valence electrons. The second kappa shape index (κ2) is 5.48. The van der Waals surface area contributed by atoms with E-state index in [0.29, 0.717) is 10.5 Å². The summed E-state index contributed by atoms with van der Waals surface area (Å²) >= 11 is 0. The summed E-state index contributed by atoms with van der Waals surface area (Å²) in [6, 6.07) is 20.3. The fourth-order valence-corrected chi connectivity index (χ4v) is 3.33. The Balaban J connectivity index is 2.61. The van der Waals surface area contributed by atoms with E-state index in [-0.39, 0.29) is 6.04 Å². The Bertz CT molecular complexity index is 445. The van der Waals surface area contributed by atoms with Crippen molar-refractivity contribution in [3.05, 3.63) is 71.8 Å². The van der Waals surface area contributed by atoms with Gasteiger partial charge in [0.1, 0.15) is 16.1 Å². The minimum absolute atomic E-state index is 0.111. The predicted octanol–water partition coefficient (Wildman–Crippen LogP) is 1.57. The van der Waals surface area contributed by atoms with E-state index in [1.807, 2.05) is 43.3 Å². The van der Waals surface area contributed by atoms with E-state index < -0.39 is 5.60 Å². The molecule has 2 rings (SSSR count). The quantitative estimate of drug-likeness (QED) is 0.844. The molecule has 0 heterocycles. The van der Waals surface area contributed by atoms with Crippen LogP contribution in [0.15, 0.2) is 60.7 Å². The van der Waals surface area contributed by atoms with E-state index in [1.165, 1.54) is 0 Å². The molecule has 1 atom stereocenters. The van der Waals surface area contributed by atoms with Gasteiger partial charge in [0.2, 0.25) is 0 Å². The van der Waals surface area contributed by atoms with Crippen LogP contribution in [0.2, 0.25) is 0 Å². The number of hydrogen-bond donors (Lipinski definition) is 1. The minimum Gasteiger partial charge on any atom is -0.413 e. The van der Waals surface area contributed by atoms with Crippen LogP contribution in [-0.2, 0) is 10.0 Å². The van der Waals surface area contributed by atoms with Crippen molar-refractivity contribution in [3.63, 3.8) is 0 Å². The Morgan fingerprint density at radius 3 is 1.61 bits per heavy atom. The summed E-state index contributed by atoms with van der Waals surface area (Å²) in [5.74, 6) is 0. The van der Waals surface area contributed by atoms with Gasteiger partial charge in [-0.2, -0.15) is 0 Å². The average molecular weight is 257 g/mol.